The Bertz CT molecular complexity index is 102. The summed E-state index contributed by atoms with van der Waals surface area (Å²) in [5.41, 5.74) is 0. The van der Waals surface area contributed by atoms with Crippen molar-refractivity contribution in [2.75, 3.05) is 25.2 Å². The van der Waals surface area contributed by atoms with Gasteiger partial charge in [0.1, 0.15) is 0 Å². The second-order valence-corrected chi connectivity index (χ2v) is 4.20. The van der Waals surface area contributed by atoms with Gasteiger partial charge in [-0.25, -0.2) is 0 Å². The average Bonchev–Trinajstić information content (AvgIpc) is 2.07. The van der Waals surface area contributed by atoms with Crippen molar-refractivity contribution in [3.63, 3.8) is 0 Å². The first kappa shape index (κ1) is 9.36. The number of aliphatic hydroxyl groups excluding tert-OH is 1. The molecule has 3 heteroatoms. The fraction of sp³-hybridized carbons (Fsp3) is 1.00. The van der Waals surface area contributed by atoms with Crippen molar-refractivity contribution < 1.29 is 9.84 Å². The Balaban J connectivity index is 2.21. The maximum Gasteiger partial charge on any atom is 0.0802 e. The van der Waals surface area contributed by atoms with Crippen LogP contribution in [0.3, 0.4) is 0 Å². The van der Waals surface area contributed by atoms with Crippen molar-refractivity contribution >= 4 is 11.8 Å². The second-order valence-electron chi connectivity index (χ2n) is 2.97. The Morgan fingerprint density at radius 3 is 2.73 bits per heavy atom. The van der Waals surface area contributed by atoms with Gasteiger partial charge in [0, 0.05) is 7.11 Å². The topological polar surface area (TPSA) is 29.5 Å². The zero-order valence-corrected chi connectivity index (χ0v) is 7.77. The Labute approximate surface area is 72.3 Å². The van der Waals surface area contributed by atoms with Crippen LogP contribution in [-0.4, -0.2) is 36.4 Å². The van der Waals surface area contributed by atoms with Crippen LogP contribution in [0.2, 0.25) is 0 Å². The molecule has 0 aromatic carbocycles. The molecule has 0 radical (unpaired) electrons. The van der Waals surface area contributed by atoms with Crippen LogP contribution in [-0.2, 0) is 4.74 Å². The lowest BCUT2D eigenvalue weighted by atomic mass is 9.97. The van der Waals surface area contributed by atoms with Crippen LogP contribution < -0.4 is 0 Å². The van der Waals surface area contributed by atoms with Crippen LogP contribution in [0.4, 0.5) is 0 Å². The van der Waals surface area contributed by atoms with Crippen molar-refractivity contribution in [2.24, 2.45) is 5.92 Å². The molecule has 66 valence electrons. The molecule has 1 heterocycles. The number of methoxy groups -OCH3 is 1. The highest BCUT2D eigenvalue weighted by molar-refractivity contribution is 7.99. The minimum absolute atomic E-state index is 0.235. The smallest absolute Gasteiger partial charge is 0.0802 e. The van der Waals surface area contributed by atoms with E-state index < -0.39 is 0 Å². The average molecular weight is 176 g/mol. The van der Waals surface area contributed by atoms with E-state index >= 15 is 0 Å². The van der Waals surface area contributed by atoms with Crippen LogP contribution in [0, 0.1) is 5.92 Å². The molecule has 11 heavy (non-hydrogen) atoms. The van der Waals surface area contributed by atoms with Gasteiger partial charge in [-0.15, -0.1) is 0 Å². The minimum atomic E-state index is -0.235. The molecule has 1 rings (SSSR count). The molecule has 0 amide bonds. The molecule has 0 saturated carbocycles. The summed E-state index contributed by atoms with van der Waals surface area (Å²) in [6.45, 7) is 0.495. The number of thioether (sulfide) groups is 1. The van der Waals surface area contributed by atoms with E-state index in [1.54, 1.807) is 7.11 Å². The Morgan fingerprint density at radius 1 is 1.55 bits per heavy atom. The Kier molecular flexibility index (Phi) is 4.26. The van der Waals surface area contributed by atoms with Gasteiger partial charge in [0.2, 0.25) is 0 Å². The fourth-order valence-corrected chi connectivity index (χ4v) is 2.55. The molecule has 1 fully saturated rings. The Morgan fingerprint density at radius 2 is 2.18 bits per heavy atom. The lowest BCUT2D eigenvalue weighted by molar-refractivity contribution is 0.0227. The van der Waals surface area contributed by atoms with Gasteiger partial charge >= 0.3 is 0 Å². The summed E-state index contributed by atoms with van der Waals surface area (Å²) < 4.78 is 4.90. The molecule has 1 N–H and O–H groups in total. The Hall–Kier alpha value is 0.270. The standard InChI is InChI=1S/C8H16O2S/c1-10-6-8(9)7-2-4-11-5-3-7/h7-9H,2-6H2,1H3. The molecule has 0 aromatic rings. The molecule has 0 aliphatic carbocycles. The third kappa shape index (κ3) is 3.01. The second kappa shape index (κ2) is 5.01. The monoisotopic (exact) mass is 176 g/mol. The van der Waals surface area contributed by atoms with Crippen LogP contribution >= 0.6 is 11.8 Å². The quantitative estimate of drug-likeness (QED) is 0.699. The number of hydrogen-bond donors (Lipinski definition) is 1. The number of ether oxygens (including phenoxy) is 1. The van der Waals surface area contributed by atoms with Crippen molar-refractivity contribution in [3.05, 3.63) is 0 Å². The number of rotatable bonds is 3. The lowest BCUT2D eigenvalue weighted by Crippen LogP contribution is -2.28. The zero-order valence-electron chi connectivity index (χ0n) is 6.95. The van der Waals surface area contributed by atoms with Gasteiger partial charge in [-0.1, -0.05) is 0 Å². The van der Waals surface area contributed by atoms with Crippen molar-refractivity contribution in [3.8, 4) is 0 Å². The summed E-state index contributed by atoms with van der Waals surface area (Å²) in [5, 5.41) is 9.54. The summed E-state index contributed by atoms with van der Waals surface area (Å²) in [4.78, 5) is 0. The van der Waals surface area contributed by atoms with Crippen molar-refractivity contribution in [1.82, 2.24) is 0 Å². The predicted octanol–water partition coefficient (Wildman–Crippen LogP) is 1.14. The molecular weight excluding hydrogens is 160 g/mol. The fourth-order valence-electron chi connectivity index (χ4n) is 1.41. The maximum atomic E-state index is 9.54. The molecule has 1 aliphatic heterocycles. The van der Waals surface area contributed by atoms with Crippen molar-refractivity contribution in [1.29, 1.82) is 0 Å². The van der Waals surface area contributed by atoms with E-state index in [2.05, 4.69) is 0 Å². The van der Waals surface area contributed by atoms with Gasteiger partial charge in [-0.2, -0.15) is 11.8 Å². The molecule has 0 aromatic heterocycles. The van der Waals surface area contributed by atoms with E-state index in [0.717, 1.165) is 12.8 Å². The summed E-state index contributed by atoms with van der Waals surface area (Å²) in [7, 11) is 1.64. The zero-order chi connectivity index (χ0) is 8.10. The molecule has 1 aliphatic rings. The number of aliphatic hydroxyl groups is 1. The first-order chi connectivity index (χ1) is 5.34. The molecule has 1 saturated heterocycles. The van der Waals surface area contributed by atoms with Gasteiger partial charge in [0.05, 0.1) is 12.7 Å². The third-order valence-electron chi connectivity index (χ3n) is 2.15. The van der Waals surface area contributed by atoms with Crippen LogP contribution in [0.5, 0.6) is 0 Å². The summed E-state index contributed by atoms with van der Waals surface area (Å²) in [5.74, 6) is 2.88. The maximum absolute atomic E-state index is 9.54. The largest absolute Gasteiger partial charge is 0.390 e. The molecule has 1 unspecified atom stereocenters. The van der Waals surface area contributed by atoms with Crippen LogP contribution in [0.15, 0.2) is 0 Å². The van der Waals surface area contributed by atoms with E-state index in [-0.39, 0.29) is 6.10 Å². The highest BCUT2D eigenvalue weighted by atomic mass is 32.2. The van der Waals surface area contributed by atoms with Gasteiger partial charge in [0.25, 0.3) is 0 Å². The van der Waals surface area contributed by atoms with E-state index in [0.29, 0.717) is 12.5 Å². The van der Waals surface area contributed by atoms with E-state index in [1.165, 1.54) is 11.5 Å². The highest BCUT2D eigenvalue weighted by Gasteiger charge is 2.21. The van der Waals surface area contributed by atoms with Crippen LogP contribution in [0.1, 0.15) is 12.8 Å². The molecule has 0 spiro atoms. The van der Waals surface area contributed by atoms with E-state index in [9.17, 15) is 5.11 Å². The summed E-state index contributed by atoms with van der Waals surface area (Å²) in [6.07, 6.45) is 2.06. The lowest BCUT2D eigenvalue weighted by Gasteiger charge is -2.25. The van der Waals surface area contributed by atoms with Gasteiger partial charge in [-0.3, -0.25) is 0 Å². The van der Waals surface area contributed by atoms with Crippen molar-refractivity contribution in [2.45, 2.75) is 18.9 Å². The first-order valence-corrected chi connectivity index (χ1v) is 5.25. The normalized spacial score (nSPS) is 23.5. The first-order valence-electron chi connectivity index (χ1n) is 4.09. The van der Waals surface area contributed by atoms with Crippen LogP contribution in [0.25, 0.3) is 0 Å². The molecule has 2 nitrogen and oxygen atoms in total. The molecular formula is C8H16O2S. The summed E-state index contributed by atoms with van der Waals surface area (Å²) >= 11 is 1.98. The minimum Gasteiger partial charge on any atom is -0.390 e. The summed E-state index contributed by atoms with van der Waals surface area (Å²) in [6, 6.07) is 0. The molecule has 1 atom stereocenters. The van der Waals surface area contributed by atoms with E-state index in [4.69, 9.17) is 4.74 Å². The van der Waals surface area contributed by atoms with Gasteiger partial charge in [0.15, 0.2) is 0 Å². The SMILES string of the molecule is COCC(O)C1CCSCC1. The number of hydrogen-bond acceptors (Lipinski definition) is 3. The third-order valence-corrected chi connectivity index (χ3v) is 3.20. The molecule has 0 bridgehead atoms. The van der Waals surface area contributed by atoms with E-state index in [1.807, 2.05) is 11.8 Å². The van der Waals surface area contributed by atoms with Gasteiger partial charge in [-0.05, 0) is 30.3 Å². The van der Waals surface area contributed by atoms with Gasteiger partial charge < -0.3 is 9.84 Å². The predicted molar refractivity (Wildman–Crippen MR) is 47.9 cm³/mol. The highest BCUT2D eigenvalue weighted by Crippen LogP contribution is 2.25.